The molecule has 0 aliphatic heterocycles. The van der Waals surface area contributed by atoms with Crippen LogP contribution in [-0.4, -0.2) is 18.4 Å². The van der Waals surface area contributed by atoms with E-state index >= 15 is 0 Å². The van der Waals surface area contributed by atoms with Gasteiger partial charge in [-0.2, -0.15) is 0 Å². The van der Waals surface area contributed by atoms with Gasteiger partial charge in [0, 0.05) is 18.8 Å². The van der Waals surface area contributed by atoms with E-state index in [9.17, 15) is 9.59 Å². The highest BCUT2D eigenvalue weighted by Gasteiger charge is 2.21. The molecule has 0 spiro atoms. The lowest BCUT2D eigenvalue weighted by atomic mass is 9.97. The van der Waals surface area contributed by atoms with Gasteiger partial charge in [-0.15, -0.1) is 0 Å². The summed E-state index contributed by atoms with van der Waals surface area (Å²) in [6.07, 6.45) is 8.56. The molecule has 1 fully saturated rings. The zero-order valence-electron chi connectivity index (χ0n) is 10.9. The molecule has 0 radical (unpaired) electrons. The third kappa shape index (κ3) is 5.85. The zero-order chi connectivity index (χ0) is 12.5. The standard InChI is InChI=1S/C14H24O3/c1-2-17-14(16)11-5-3-4-10-13(15)12-8-6-7-9-12/h12H,2-11H2,1H3. The van der Waals surface area contributed by atoms with E-state index in [2.05, 4.69) is 0 Å². The summed E-state index contributed by atoms with van der Waals surface area (Å²) in [5.41, 5.74) is 0. The van der Waals surface area contributed by atoms with Crippen LogP contribution in [0.15, 0.2) is 0 Å². The second-order valence-corrected chi connectivity index (χ2v) is 4.81. The molecule has 0 atom stereocenters. The van der Waals surface area contributed by atoms with Crippen molar-refractivity contribution in [1.82, 2.24) is 0 Å². The SMILES string of the molecule is CCOC(=O)CCCCCC(=O)C1CCCC1. The highest BCUT2D eigenvalue weighted by molar-refractivity contribution is 5.81. The molecule has 3 heteroatoms. The fourth-order valence-electron chi connectivity index (χ4n) is 2.43. The number of hydrogen-bond donors (Lipinski definition) is 0. The highest BCUT2D eigenvalue weighted by Crippen LogP contribution is 2.27. The van der Waals surface area contributed by atoms with Crippen LogP contribution in [0.1, 0.15) is 64.7 Å². The molecule has 0 amide bonds. The van der Waals surface area contributed by atoms with Crippen LogP contribution in [0.2, 0.25) is 0 Å². The van der Waals surface area contributed by atoms with Crippen LogP contribution < -0.4 is 0 Å². The van der Waals surface area contributed by atoms with Crippen molar-refractivity contribution in [2.24, 2.45) is 5.92 Å². The van der Waals surface area contributed by atoms with Crippen molar-refractivity contribution >= 4 is 11.8 Å². The van der Waals surface area contributed by atoms with Gasteiger partial charge in [0.05, 0.1) is 6.61 Å². The smallest absolute Gasteiger partial charge is 0.305 e. The second-order valence-electron chi connectivity index (χ2n) is 4.81. The molecule has 0 aromatic carbocycles. The van der Waals surface area contributed by atoms with Gasteiger partial charge in [0.25, 0.3) is 0 Å². The van der Waals surface area contributed by atoms with Crippen molar-refractivity contribution in [1.29, 1.82) is 0 Å². The predicted octanol–water partition coefficient (Wildman–Crippen LogP) is 3.26. The van der Waals surface area contributed by atoms with Crippen LogP contribution in [0.4, 0.5) is 0 Å². The quantitative estimate of drug-likeness (QED) is 0.483. The van der Waals surface area contributed by atoms with Gasteiger partial charge in [0.1, 0.15) is 5.78 Å². The first-order chi connectivity index (χ1) is 8.24. The Bertz CT molecular complexity index is 242. The van der Waals surface area contributed by atoms with Crippen molar-refractivity contribution in [3.8, 4) is 0 Å². The van der Waals surface area contributed by atoms with E-state index in [1.807, 2.05) is 6.92 Å². The summed E-state index contributed by atoms with van der Waals surface area (Å²) >= 11 is 0. The molecule has 1 aliphatic rings. The van der Waals surface area contributed by atoms with Gasteiger partial charge in [0.2, 0.25) is 0 Å². The van der Waals surface area contributed by atoms with Crippen LogP contribution in [-0.2, 0) is 14.3 Å². The van der Waals surface area contributed by atoms with Crippen molar-refractivity contribution in [3.05, 3.63) is 0 Å². The Hall–Kier alpha value is -0.860. The van der Waals surface area contributed by atoms with Crippen molar-refractivity contribution < 1.29 is 14.3 Å². The fraction of sp³-hybridized carbons (Fsp3) is 0.857. The lowest BCUT2D eigenvalue weighted by molar-refractivity contribution is -0.143. The molecule has 17 heavy (non-hydrogen) atoms. The van der Waals surface area contributed by atoms with Crippen molar-refractivity contribution in [2.45, 2.75) is 64.7 Å². The van der Waals surface area contributed by atoms with E-state index in [1.54, 1.807) is 0 Å². The minimum atomic E-state index is -0.116. The Morgan fingerprint density at radius 1 is 1.06 bits per heavy atom. The van der Waals surface area contributed by atoms with Crippen LogP contribution in [0.25, 0.3) is 0 Å². The van der Waals surface area contributed by atoms with Crippen LogP contribution >= 0.6 is 0 Å². The number of carbonyl (C=O) groups excluding carboxylic acids is 2. The van der Waals surface area contributed by atoms with E-state index in [4.69, 9.17) is 4.74 Å². The maximum atomic E-state index is 11.8. The average molecular weight is 240 g/mol. The topological polar surface area (TPSA) is 43.4 Å². The maximum absolute atomic E-state index is 11.8. The van der Waals surface area contributed by atoms with Crippen LogP contribution in [0, 0.1) is 5.92 Å². The van der Waals surface area contributed by atoms with Gasteiger partial charge in [-0.1, -0.05) is 19.3 Å². The highest BCUT2D eigenvalue weighted by atomic mass is 16.5. The van der Waals surface area contributed by atoms with E-state index in [0.717, 1.165) is 32.1 Å². The molecule has 0 aromatic rings. The zero-order valence-corrected chi connectivity index (χ0v) is 10.9. The first-order valence-corrected chi connectivity index (χ1v) is 6.92. The minimum Gasteiger partial charge on any atom is -0.466 e. The first kappa shape index (κ1) is 14.2. The summed E-state index contributed by atoms with van der Waals surface area (Å²) in [5, 5.41) is 0. The molecule has 0 N–H and O–H groups in total. The number of carbonyl (C=O) groups is 2. The van der Waals surface area contributed by atoms with Gasteiger partial charge >= 0.3 is 5.97 Å². The number of ether oxygens (including phenoxy) is 1. The average Bonchev–Trinajstić information content (AvgIpc) is 2.82. The molecule has 0 saturated heterocycles. The summed E-state index contributed by atoms with van der Waals surface area (Å²) in [6, 6.07) is 0. The summed E-state index contributed by atoms with van der Waals surface area (Å²) in [6.45, 7) is 2.27. The molecule has 0 unspecified atom stereocenters. The van der Waals surface area contributed by atoms with Crippen LogP contribution in [0.5, 0.6) is 0 Å². The Kier molecular flexibility index (Phi) is 6.90. The molecule has 1 rings (SSSR count). The molecule has 3 nitrogen and oxygen atoms in total. The number of esters is 1. The molecule has 1 aliphatic carbocycles. The van der Waals surface area contributed by atoms with Crippen molar-refractivity contribution in [3.63, 3.8) is 0 Å². The van der Waals surface area contributed by atoms with Gasteiger partial charge in [-0.25, -0.2) is 0 Å². The first-order valence-electron chi connectivity index (χ1n) is 6.92. The van der Waals surface area contributed by atoms with E-state index in [0.29, 0.717) is 31.1 Å². The molecule has 0 aromatic heterocycles. The summed E-state index contributed by atoms with van der Waals surface area (Å²) < 4.78 is 4.84. The van der Waals surface area contributed by atoms with Gasteiger partial charge in [-0.05, 0) is 32.6 Å². The number of hydrogen-bond acceptors (Lipinski definition) is 3. The monoisotopic (exact) mass is 240 g/mol. The summed E-state index contributed by atoms with van der Waals surface area (Å²) in [4.78, 5) is 22.8. The van der Waals surface area contributed by atoms with Crippen LogP contribution in [0.3, 0.4) is 0 Å². The van der Waals surface area contributed by atoms with E-state index < -0.39 is 0 Å². The Balaban J connectivity index is 1.96. The lowest BCUT2D eigenvalue weighted by Gasteiger charge is -2.07. The van der Waals surface area contributed by atoms with Gasteiger partial charge in [-0.3, -0.25) is 9.59 Å². The van der Waals surface area contributed by atoms with Crippen molar-refractivity contribution in [2.75, 3.05) is 6.61 Å². The Labute approximate surface area is 104 Å². The van der Waals surface area contributed by atoms with Gasteiger partial charge in [0.15, 0.2) is 0 Å². The third-order valence-electron chi connectivity index (χ3n) is 3.42. The predicted molar refractivity (Wildman–Crippen MR) is 66.7 cm³/mol. The normalized spacial score (nSPS) is 16.1. The summed E-state index contributed by atoms with van der Waals surface area (Å²) in [5.74, 6) is 0.674. The number of rotatable bonds is 8. The van der Waals surface area contributed by atoms with E-state index in [1.165, 1.54) is 12.8 Å². The number of Topliss-reactive ketones (excluding diaryl/α,β-unsaturated/α-hetero) is 1. The second kappa shape index (κ2) is 8.26. The Morgan fingerprint density at radius 2 is 1.71 bits per heavy atom. The molecule has 1 saturated carbocycles. The number of unbranched alkanes of at least 4 members (excludes halogenated alkanes) is 2. The fourth-order valence-corrected chi connectivity index (χ4v) is 2.43. The summed E-state index contributed by atoms with van der Waals surface area (Å²) in [7, 11) is 0. The molecular formula is C14H24O3. The Morgan fingerprint density at radius 3 is 2.35 bits per heavy atom. The lowest BCUT2D eigenvalue weighted by Crippen LogP contribution is -2.10. The molecule has 0 bridgehead atoms. The number of ketones is 1. The molecule has 0 heterocycles. The van der Waals surface area contributed by atoms with E-state index in [-0.39, 0.29) is 5.97 Å². The largest absolute Gasteiger partial charge is 0.466 e. The molecule has 98 valence electrons. The van der Waals surface area contributed by atoms with Gasteiger partial charge < -0.3 is 4.74 Å². The third-order valence-corrected chi connectivity index (χ3v) is 3.42. The molecular weight excluding hydrogens is 216 g/mol. The minimum absolute atomic E-state index is 0.116. The maximum Gasteiger partial charge on any atom is 0.305 e.